The summed E-state index contributed by atoms with van der Waals surface area (Å²) in [5, 5.41) is 4.01. The number of hydrogen-bond donors (Lipinski definition) is 1. The van der Waals surface area contributed by atoms with Crippen molar-refractivity contribution < 1.29 is 4.79 Å². The van der Waals surface area contributed by atoms with Gasteiger partial charge in [0, 0.05) is 5.92 Å². The molecule has 2 aromatic rings. The van der Waals surface area contributed by atoms with Crippen molar-refractivity contribution in [3.63, 3.8) is 0 Å². The molecule has 0 bridgehead atoms. The zero-order valence-electron chi connectivity index (χ0n) is 11.1. The maximum atomic E-state index is 12.0. The van der Waals surface area contributed by atoms with Crippen LogP contribution in [-0.2, 0) is 4.79 Å². The summed E-state index contributed by atoms with van der Waals surface area (Å²) in [5.41, 5.74) is 4.83. The van der Waals surface area contributed by atoms with Gasteiger partial charge in [0.2, 0.25) is 5.91 Å². The van der Waals surface area contributed by atoms with E-state index in [0.717, 1.165) is 12.0 Å². The molecular weight excluding hydrogens is 248 g/mol. The minimum absolute atomic E-state index is 0.00559. The monoisotopic (exact) mass is 264 g/mol. The van der Waals surface area contributed by atoms with Crippen LogP contribution in [0.5, 0.6) is 0 Å². The Bertz CT molecular complexity index is 607. The molecule has 1 saturated carbocycles. The van der Waals surface area contributed by atoms with Crippen molar-refractivity contribution in [3.8, 4) is 0 Å². The van der Waals surface area contributed by atoms with E-state index in [9.17, 15) is 4.79 Å². The molecule has 1 aliphatic carbocycles. The first kappa shape index (κ1) is 12.6. The summed E-state index contributed by atoms with van der Waals surface area (Å²) in [7, 11) is 0. The molecule has 1 aliphatic rings. The van der Waals surface area contributed by atoms with Crippen molar-refractivity contribution in [2.45, 2.75) is 12.3 Å². The zero-order valence-corrected chi connectivity index (χ0v) is 11.1. The van der Waals surface area contributed by atoms with Crippen LogP contribution in [0.15, 0.2) is 65.8 Å². The largest absolute Gasteiger partial charge is 0.273 e. The van der Waals surface area contributed by atoms with Crippen LogP contribution in [0.1, 0.15) is 23.5 Å². The molecule has 100 valence electrons. The van der Waals surface area contributed by atoms with Crippen LogP contribution in [0.2, 0.25) is 0 Å². The van der Waals surface area contributed by atoms with Crippen LogP contribution in [0.25, 0.3) is 0 Å². The van der Waals surface area contributed by atoms with Gasteiger partial charge in [-0.1, -0.05) is 60.7 Å². The van der Waals surface area contributed by atoms with E-state index in [1.54, 1.807) is 6.21 Å². The highest BCUT2D eigenvalue weighted by molar-refractivity contribution is 5.85. The predicted molar refractivity (Wildman–Crippen MR) is 79.5 cm³/mol. The molecular formula is C17H16N2O. The van der Waals surface area contributed by atoms with Crippen molar-refractivity contribution in [1.29, 1.82) is 0 Å². The van der Waals surface area contributed by atoms with Crippen LogP contribution >= 0.6 is 0 Å². The van der Waals surface area contributed by atoms with Crippen molar-refractivity contribution in [2.75, 3.05) is 0 Å². The average Bonchev–Trinajstić information content (AvgIpc) is 3.30. The number of benzene rings is 2. The molecule has 0 heterocycles. The Morgan fingerprint density at radius 1 is 1.05 bits per heavy atom. The minimum Gasteiger partial charge on any atom is -0.273 e. The number of nitrogens with zero attached hydrogens (tertiary/aromatic N) is 1. The lowest BCUT2D eigenvalue weighted by molar-refractivity contribution is -0.122. The van der Waals surface area contributed by atoms with Gasteiger partial charge in [0.15, 0.2) is 0 Å². The van der Waals surface area contributed by atoms with Crippen LogP contribution in [0, 0.1) is 5.92 Å². The van der Waals surface area contributed by atoms with E-state index in [1.165, 1.54) is 5.56 Å². The first-order chi connectivity index (χ1) is 9.84. The second-order valence-electron chi connectivity index (χ2n) is 5.00. The molecule has 0 aliphatic heterocycles. The quantitative estimate of drug-likeness (QED) is 0.669. The molecule has 0 saturated heterocycles. The van der Waals surface area contributed by atoms with Gasteiger partial charge >= 0.3 is 0 Å². The fourth-order valence-corrected chi connectivity index (χ4v) is 2.35. The summed E-state index contributed by atoms with van der Waals surface area (Å²) in [6, 6.07) is 19.9. The summed E-state index contributed by atoms with van der Waals surface area (Å²) < 4.78 is 0. The van der Waals surface area contributed by atoms with Gasteiger partial charge < -0.3 is 0 Å². The molecule has 0 aromatic heterocycles. The van der Waals surface area contributed by atoms with E-state index in [0.29, 0.717) is 5.92 Å². The highest BCUT2D eigenvalue weighted by Gasteiger charge is 2.43. The number of amides is 1. The van der Waals surface area contributed by atoms with Gasteiger partial charge in [0.1, 0.15) is 0 Å². The second kappa shape index (κ2) is 5.70. The van der Waals surface area contributed by atoms with E-state index >= 15 is 0 Å². The number of rotatable bonds is 4. The molecule has 0 unspecified atom stereocenters. The van der Waals surface area contributed by atoms with Crippen LogP contribution < -0.4 is 5.43 Å². The predicted octanol–water partition coefficient (Wildman–Crippen LogP) is 2.94. The Kier molecular flexibility index (Phi) is 3.59. The molecule has 0 radical (unpaired) electrons. The zero-order chi connectivity index (χ0) is 13.8. The summed E-state index contributed by atoms with van der Waals surface area (Å²) in [6.07, 6.45) is 2.58. The molecule has 1 amide bonds. The van der Waals surface area contributed by atoms with Crippen molar-refractivity contribution in [3.05, 3.63) is 71.8 Å². The summed E-state index contributed by atoms with van der Waals surface area (Å²) in [4.78, 5) is 12.0. The molecule has 20 heavy (non-hydrogen) atoms. The van der Waals surface area contributed by atoms with Crippen LogP contribution in [-0.4, -0.2) is 12.1 Å². The number of hydrogen-bond acceptors (Lipinski definition) is 2. The van der Waals surface area contributed by atoms with Gasteiger partial charge in [-0.2, -0.15) is 5.10 Å². The molecule has 1 fully saturated rings. The topological polar surface area (TPSA) is 41.5 Å². The number of carbonyl (C=O) groups is 1. The van der Waals surface area contributed by atoms with Gasteiger partial charge in [-0.25, -0.2) is 5.43 Å². The third-order valence-electron chi connectivity index (χ3n) is 3.54. The molecule has 2 atom stereocenters. The lowest BCUT2D eigenvalue weighted by Crippen LogP contribution is -2.20. The van der Waals surface area contributed by atoms with Gasteiger partial charge in [-0.15, -0.1) is 0 Å². The lowest BCUT2D eigenvalue weighted by atomic mass is 10.1. The highest BCUT2D eigenvalue weighted by Crippen LogP contribution is 2.47. The lowest BCUT2D eigenvalue weighted by Gasteiger charge is -2.00. The molecule has 2 aromatic carbocycles. The maximum Gasteiger partial charge on any atom is 0.243 e. The third-order valence-corrected chi connectivity index (χ3v) is 3.54. The fraction of sp³-hybridized carbons (Fsp3) is 0.176. The first-order valence-electron chi connectivity index (χ1n) is 6.77. The summed E-state index contributed by atoms with van der Waals surface area (Å²) in [5.74, 6) is 0.416. The van der Waals surface area contributed by atoms with Gasteiger partial charge in [-0.3, -0.25) is 4.79 Å². The minimum atomic E-state index is 0.00559. The van der Waals surface area contributed by atoms with Gasteiger partial charge in [-0.05, 0) is 23.5 Å². The van der Waals surface area contributed by atoms with Crippen molar-refractivity contribution in [2.24, 2.45) is 11.0 Å². The van der Waals surface area contributed by atoms with Gasteiger partial charge in [0.25, 0.3) is 0 Å². The molecule has 3 nitrogen and oxygen atoms in total. The van der Waals surface area contributed by atoms with E-state index < -0.39 is 0 Å². The number of carbonyl (C=O) groups excluding carboxylic acids is 1. The smallest absolute Gasteiger partial charge is 0.243 e. The Morgan fingerprint density at radius 3 is 2.40 bits per heavy atom. The normalized spacial score (nSPS) is 20.8. The Hall–Kier alpha value is -2.42. The van der Waals surface area contributed by atoms with E-state index in [4.69, 9.17) is 0 Å². The molecule has 3 rings (SSSR count). The fourth-order valence-electron chi connectivity index (χ4n) is 2.35. The third kappa shape index (κ3) is 2.94. The average molecular weight is 264 g/mol. The molecule has 1 N–H and O–H groups in total. The standard InChI is InChI=1S/C17H16N2O/c20-17(19-18-12-13-7-3-1-4-8-13)16-11-15(16)14-9-5-2-6-10-14/h1-10,12,15-16H,11H2,(H,19,20)/b18-12-/t15-,16-/m1/s1. The van der Waals surface area contributed by atoms with E-state index in [-0.39, 0.29) is 11.8 Å². The van der Waals surface area contributed by atoms with Crippen LogP contribution in [0.3, 0.4) is 0 Å². The molecule has 0 spiro atoms. The Morgan fingerprint density at radius 2 is 1.70 bits per heavy atom. The Labute approximate surface area is 118 Å². The first-order valence-corrected chi connectivity index (χ1v) is 6.77. The second-order valence-corrected chi connectivity index (χ2v) is 5.00. The van der Waals surface area contributed by atoms with E-state index in [2.05, 4.69) is 22.7 Å². The molecule has 3 heteroatoms. The SMILES string of the molecule is O=C(N/N=C\c1ccccc1)[C@@H]1C[C@@H]1c1ccccc1. The van der Waals surface area contributed by atoms with Crippen molar-refractivity contribution in [1.82, 2.24) is 5.43 Å². The number of nitrogens with one attached hydrogen (secondary N) is 1. The summed E-state index contributed by atoms with van der Waals surface area (Å²) >= 11 is 0. The van der Waals surface area contributed by atoms with E-state index in [1.807, 2.05) is 48.5 Å². The maximum absolute atomic E-state index is 12.0. The van der Waals surface area contributed by atoms with Gasteiger partial charge in [0.05, 0.1) is 6.21 Å². The van der Waals surface area contributed by atoms with Crippen molar-refractivity contribution >= 4 is 12.1 Å². The Balaban J connectivity index is 1.53. The number of hydrazone groups is 1. The highest BCUT2D eigenvalue weighted by atomic mass is 16.2. The van der Waals surface area contributed by atoms with Crippen LogP contribution in [0.4, 0.5) is 0 Å². The summed E-state index contributed by atoms with van der Waals surface area (Å²) in [6.45, 7) is 0.